The molecular weight excluding hydrogens is 240 g/mol. The van der Waals surface area contributed by atoms with Gasteiger partial charge in [0.25, 0.3) is 5.91 Å². The maximum absolute atomic E-state index is 11.8. The second-order valence-corrected chi connectivity index (χ2v) is 3.98. The van der Waals surface area contributed by atoms with Crippen LogP contribution in [0.15, 0.2) is 30.5 Å². The molecule has 2 aromatic rings. The highest BCUT2D eigenvalue weighted by molar-refractivity contribution is 6.31. The lowest BCUT2D eigenvalue weighted by atomic mass is 10.1. The van der Waals surface area contributed by atoms with Crippen LogP contribution in [0.2, 0.25) is 5.02 Å². The molecule has 0 aliphatic carbocycles. The second-order valence-electron chi connectivity index (χ2n) is 3.55. The van der Waals surface area contributed by atoms with Crippen molar-refractivity contribution in [3.8, 4) is 0 Å². The normalized spacial score (nSPS) is 10.5. The number of nitrogens with zero attached hydrogens (tertiary/aromatic N) is 2. The summed E-state index contributed by atoms with van der Waals surface area (Å²) in [6.45, 7) is 0. The van der Waals surface area contributed by atoms with Crippen molar-refractivity contribution in [2.45, 2.75) is 0 Å². The Balaban J connectivity index is 2.45. The summed E-state index contributed by atoms with van der Waals surface area (Å²) in [5.41, 5.74) is 0.337. The molecule has 1 amide bonds. The lowest BCUT2D eigenvalue weighted by Gasteiger charge is -2.13. The smallest absolute Gasteiger partial charge is 0.274 e. The number of benzene rings is 1. The van der Waals surface area contributed by atoms with Crippen LogP contribution < -0.4 is 0 Å². The van der Waals surface area contributed by atoms with Gasteiger partial charge < -0.3 is 0 Å². The van der Waals surface area contributed by atoms with Crippen molar-refractivity contribution in [2.75, 3.05) is 14.2 Å². The SMILES string of the molecule is CON(C)C(=O)c1cc2ccc(Cl)cc2cn1. The highest BCUT2D eigenvalue weighted by atomic mass is 35.5. The van der Waals surface area contributed by atoms with Crippen LogP contribution in [-0.2, 0) is 4.84 Å². The Hall–Kier alpha value is -1.65. The van der Waals surface area contributed by atoms with Gasteiger partial charge in [-0.1, -0.05) is 17.7 Å². The van der Waals surface area contributed by atoms with Crippen molar-refractivity contribution >= 4 is 28.3 Å². The van der Waals surface area contributed by atoms with Gasteiger partial charge in [-0.15, -0.1) is 0 Å². The van der Waals surface area contributed by atoms with Crippen LogP contribution >= 0.6 is 11.6 Å². The van der Waals surface area contributed by atoms with Gasteiger partial charge in [-0.25, -0.2) is 5.06 Å². The van der Waals surface area contributed by atoms with Gasteiger partial charge in [-0.3, -0.25) is 14.6 Å². The van der Waals surface area contributed by atoms with Gasteiger partial charge in [0, 0.05) is 23.7 Å². The number of carbonyl (C=O) groups excluding carboxylic acids is 1. The van der Waals surface area contributed by atoms with E-state index in [-0.39, 0.29) is 5.91 Å². The number of halogens is 1. The van der Waals surface area contributed by atoms with Crippen molar-refractivity contribution in [1.29, 1.82) is 0 Å². The molecule has 17 heavy (non-hydrogen) atoms. The van der Waals surface area contributed by atoms with Crippen LogP contribution in [0.1, 0.15) is 10.5 Å². The molecule has 0 radical (unpaired) electrons. The average Bonchev–Trinajstić information content (AvgIpc) is 2.36. The topological polar surface area (TPSA) is 42.4 Å². The van der Waals surface area contributed by atoms with E-state index in [9.17, 15) is 4.79 Å². The van der Waals surface area contributed by atoms with Gasteiger partial charge in [0.15, 0.2) is 0 Å². The Bertz CT molecular complexity index is 571. The fourth-order valence-electron chi connectivity index (χ4n) is 1.47. The molecule has 0 fully saturated rings. The number of rotatable bonds is 2. The van der Waals surface area contributed by atoms with E-state index in [1.165, 1.54) is 14.2 Å². The van der Waals surface area contributed by atoms with E-state index in [1.54, 1.807) is 24.4 Å². The van der Waals surface area contributed by atoms with Crippen molar-refractivity contribution in [1.82, 2.24) is 10.0 Å². The summed E-state index contributed by atoms with van der Waals surface area (Å²) in [6, 6.07) is 7.14. The number of carbonyl (C=O) groups is 1. The highest BCUT2D eigenvalue weighted by Crippen LogP contribution is 2.19. The second kappa shape index (κ2) is 4.69. The van der Waals surface area contributed by atoms with E-state index in [1.807, 2.05) is 6.07 Å². The lowest BCUT2D eigenvalue weighted by molar-refractivity contribution is -0.0760. The third-order valence-corrected chi connectivity index (χ3v) is 2.70. The van der Waals surface area contributed by atoms with Gasteiger partial charge in [-0.2, -0.15) is 0 Å². The molecule has 0 saturated heterocycles. The van der Waals surface area contributed by atoms with E-state index in [0.29, 0.717) is 10.7 Å². The number of amides is 1. The molecule has 1 aromatic heterocycles. The number of hydrogen-bond acceptors (Lipinski definition) is 3. The zero-order valence-corrected chi connectivity index (χ0v) is 10.2. The monoisotopic (exact) mass is 250 g/mol. The van der Waals surface area contributed by atoms with Crippen molar-refractivity contribution in [2.24, 2.45) is 0 Å². The predicted octanol–water partition coefficient (Wildman–Crippen LogP) is 2.52. The van der Waals surface area contributed by atoms with Gasteiger partial charge in [0.2, 0.25) is 0 Å². The average molecular weight is 251 g/mol. The summed E-state index contributed by atoms with van der Waals surface area (Å²) in [5.74, 6) is -0.288. The summed E-state index contributed by atoms with van der Waals surface area (Å²) in [5, 5.41) is 3.59. The van der Waals surface area contributed by atoms with E-state index in [2.05, 4.69) is 4.98 Å². The molecule has 0 bridgehead atoms. The van der Waals surface area contributed by atoms with Crippen molar-refractivity contribution in [3.63, 3.8) is 0 Å². The fraction of sp³-hybridized carbons (Fsp3) is 0.167. The molecule has 0 saturated carbocycles. The maximum Gasteiger partial charge on any atom is 0.295 e. The number of aromatic nitrogens is 1. The molecular formula is C12H11ClN2O2. The zero-order chi connectivity index (χ0) is 12.4. The molecule has 4 nitrogen and oxygen atoms in total. The minimum Gasteiger partial charge on any atom is -0.274 e. The summed E-state index contributed by atoms with van der Waals surface area (Å²) in [7, 11) is 2.97. The van der Waals surface area contributed by atoms with E-state index in [0.717, 1.165) is 15.8 Å². The van der Waals surface area contributed by atoms with Crippen LogP contribution in [0.25, 0.3) is 10.8 Å². The Morgan fingerprint density at radius 2 is 2.12 bits per heavy atom. The Kier molecular flexibility index (Phi) is 3.26. The Labute approximate surface area is 104 Å². The summed E-state index contributed by atoms with van der Waals surface area (Å²) in [4.78, 5) is 20.7. The van der Waals surface area contributed by atoms with E-state index >= 15 is 0 Å². The van der Waals surface area contributed by atoms with Gasteiger partial charge >= 0.3 is 0 Å². The quantitative estimate of drug-likeness (QED) is 0.769. The molecule has 1 aromatic carbocycles. The number of pyridine rings is 1. The molecule has 5 heteroatoms. The molecule has 0 atom stereocenters. The number of hydroxylamine groups is 2. The maximum atomic E-state index is 11.8. The summed E-state index contributed by atoms with van der Waals surface area (Å²) >= 11 is 5.87. The molecule has 2 rings (SSSR count). The van der Waals surface area contributed by atoms with Crippen LogP contribution in [0.5, 0.6) is 0 Å². The van der Waals surface area contributed by atoms with Crippen LogP contribution in [0.4, 0.5) is 0 Å². The Morgan fingerprint density at radius 3 is 2.82 bits per heavy atom. The standard InChI is InChI=1S/C12H11ClN2O2/c1-15(17-2)12(16)11-6-8-3-4-10(13)5-9(8)7-14-11/h3-7H,1-2H3. The third kappa shape index (κ3) is 2.38. The van der Waals surface area contributed by atoms with Crippen LogP contribution in [0.3, 0.4) is 0 Å². The number of hydrogen-bond donors (Lipinski definition) is 0. The molecule has 0 spiro atoms. The van der Waals surface area contributed by atoms with Gasteiger partial charge in [0.1, 0.15) is 5.69 Å². The number of fused-ring (bicyclic) bond motifs is 1. The summed E-state index contributed by atoms with van der Waals surface area (Å²) in [6.07, 6.45) is 1.62. The molecule has 0 unspecified atom stereocenters. The molecule has 1 heterocycles. The van der Waals surface area contributed by atoms with Crippen LogP contribution in [-0.4, -0.2) is 30.1 Å². The van der Waals surface area contributed by atoms with Gasteiger partial charge in [-0.05, 0) is 23.6 Å². The van der Waals surface area contributed by atoms with Crippen LogP contribution in [0, 0.1) is 0 Å². The third-order valence-electron chi connectivity index (χ3n) is 2.46. The fourth-order valence-corrected chi connectivity index (χ4v) is 1.65. The molecule has 88 valence electrons. The predicted molar refractivity (Wildman–Crippen MR) is 65.9 cm³/mol. The molecule has 0 aliphatic rings. The van der Waals surface area contributed by atoms with E-state index in [4.69, 9.17) is 16.4 Å². The first-order chi connectivity index (χ1) is 8.11. The largest absolute Gasteiger partial charge is 0.295 e. The first kappa shape index (κ1) is 11.8. The highest BCUT2D eigenvalue weighted by Gasteiger charge is 2.13. The van der Waals surface area contributed by atoms with Gasteiger partial charge in [0.05, 0.1) is 7.11 Å². The zero-order valence-electron chi connectivity index (χ0n) is 9.48. The minimum atomic E-state index is -0.288. The first-order valence-corrected chi connectivity index (χ1v) is 5.37. The Morgan fingerprint density at radius 1 is 1.35 bits per heavy atom. The van der Waals surface area contributed by atoms with Crippen molar-refractivity contribution in [3.05, 3.63) is 41.2 Å². The summed E-state index contributed by atoms with van der Waals surface area (Å²) < 4.78 is 0. The van der Waals surface area contributed by atoms with E-state index < -0.39 is 0 Å². The molecule has 0 aliphatic heterocycles. The molecule has 0 N–H and O–H groups in total. The van der Waals surface area contributed by atoms with Crippen molar-refractivity contribution < 1.29 is 9.63 Å². The first-order valence-electron chi connectivity index (χ1n) is 4.99. The minimum absolute atomic E-state index is 0.288. The lowest BCUT2D eigenvalue weighted by Crippen LogP contribution is -2.26.